The summed E-state index contributed by atoms with van der Waals surface area (Å²) in [5.41, 5.74) is 2.66. The Labute approximate surface area is 136 Å². The lowest BCUT2D eigenvalue weighted by Crippen LogP contribution is -2.35. The number of benzene rings is 1. The Balaban J connectivity index is 1.87. The van der Waals surface area contributed by atoms with Crippen molar-refractivity contribution >= 4 is 23.1 Å². The second-order valence-corrected chi connectivity index (χ2v) is 8.62. The summed E-state index contributed by atoms with van der Waals surface area (Å²) >= 11 is 3.66. The summed E-state index contributed by atoms with van der Waals surface area (Å²) in [5.74, 6) is 0.957. The van der Waals surface area contributed by atoms with E-state index in [-0.39, 0.29) is 5.54 Å². The van der Waals surface area contributed by atoms with Gasteiger partial charge in [-0.05, 0) is 52.3 Å². The van der Waals surface area contributed by atoms with Crippen molar-refractivity contribution in [3.05, 3.63) is 45.4 Å². The molecule has 0 saturated heterocycles. The van der Waals surface area contributed by atoms with Crippen LogP contribution in [0.4, 0.5) is 0 Å². The first-order chi connectivity index (χ1) is 9.83. The number of hydrogen-bond acceptors (Lipinski definition) is 4. The van der Waals surface area contributed by atoms with Crippen LogP contribution < -0.4 is 5.32 Å². The number of thiazole rings is 1. The average Bonchev–Trinajstić information content (AvgIpc) is 2.74. The fraction of sp³-hybridized carbons (Fsp3) is 0.471. The van der Waals surface area contributed by atoms with Gasteiger partial charge in [-0.25, -0.2) is 4.98 Å². The minimum atomic E-state index is 0.161. The standard InChI is InChI=1S/C17H24N2S2/c1-12-13(2)21-16(19-12)11-20-15-8-6-14(7-9-15)10-18-17(3,4)5/h6-9,18H,10-11H2,1-5H3. The van der Waals surface area contributed by atoms with Crippen LogP contribution in [0.2, 0.25) is 0 Å². The predicted octanol–water partition coefficient (Wildman–Crippen LogP) is 4.94. The third kappa shape index (κ3) is 5.46. The Bertz CT molecular complexity index is 560. The van der Waals surface area contributed by atoms with Crippen LogP contribution in [-0.4, -0.2) is 10.5 Å². The molecule has 1 N–H and O–H groups in total. The van der Waals surface area contributed by atoms with Gasteiger partial charge < -0.3 is 5.32 Å². The topological polar surface area (TPSA) is 24.9 Å². The summed E-state index contributed by atoms with van der Waals surface area (Å²) in [4.78, 5) is 7.22. The summed E-state index contributed by atoms with van der Waals surface area (Å²) in [7, 11) is 0. The molecular weight excluding hydrogens is 296 g/mol. The number of nitrogens with zero attached hydrogens (tertiary/aromatic N) is 1. The maximum Gasteiger partial charge on any atom is 0.103 e. The van der Waals surface area contributed by atoms with Gasteiger partial charge in [-0.2, -0.15) is 0 Å². The minimum absolute atomic E-state index is 0.161. The van der Waals surface area contributed by atoms with Crippen LogP contribution in [0.5, 0.6) is 0 Å². The highest BCUT2D eigenvalue weighted by Gasteiger charge is 2.08. The number of nitrogens with one attached hydrogen (secondary N) is 1. The van der Waals surface area contributed by atoms with Crippen LogP contribution in [0.1, 0.15) is 41.9 Å². The molecule has 0 fully saturated rings. The van der Waals surface area contributed by atoms with E-state index < -0.39 is 0 Å². The number of thioether (sulfide) groups is 1. The molecule has 114 valence electrons. The van der Waals surface area contributed by atoms with Crippen molar-refractivity contribution in [2.75, 3.05) is 0 Å². The molecule has 0 atom stereocenters. The Morgan fingerprint density at radius 3 is 2.33 bits per heavy atom. The van der Waals surface area contributed by atoms with Gasteiger partial charge in [0.2, 0.25) is 0 Å². The highest BCUT2D eigenvalue weighted by molar-refractivity contribution is 7.98. The summed E-state index contributed by atoms with van der Waals surface area (Å²) in [5, 5.41) is 4.73. The summed E-state index contributed by atoms with van der Waals surface area (Å²) < 4.78 is 0. The molecule has 0 spiro atoms. The summed E-state index contributed by atoms with van der Waals surface area (Å²) in [6, 6.07) is 8.83. The second-order valence-electron chi connectivity index (χ2n) is 6.29. The van der Waals surface area contributed by atoms with E-state index in [9.17, 15) is 0 Å². The molecule has 21 heavy (non-hydrogen) atoms. The van der Waals surface area contributed by atoms with E-state index in [0.29, 0.717) is 0 Å². The summed E-state index contributed by atoms with van der Waals surface area (Å²) in [6.07, 6.45) is 0. The monoisotopic (exact) mass is 320 g/mol. The van der Waals surface area contributed by atoms with E-state index in [0.717, 1.165) is 12.3 Å². The molecular formula is C17H24N2S2. The summed E-state index contributed by atoms with van der Waals surface area (Å²) in [6.45, 7) is 11.7. The van der Waals surface area contributed by atoms with Crippen LogP contribution in [0.15, 0.2) is 29.2 Å². The molecule has 4 heteroatoms. The maximum absolute atomic E-state index is 4.59. The third-order valence-electron chi connectivity index (χ3n) is 3.18. The molecule has 0 bridgehead atoms. The molecule has 2 nitrogen and oxygen atoms in total. The predicted molar refractivity (Wildman–Crippen MR) is 94.2 cm³/mol. The Kier molecular flexibility index (Phi) is 5.47. The lowest BCUT2D eigenvalue weighted by Gasteiger charge is -2.20. The van der Waals surface area contributed by atoms with Crippen molar-refractivity contribution in [2.24, 2.45) is 0 Å². The quantitative estimate of drug-likeness (QED) is 0.790. The van der Waals surface area contributed by atoms with Gasteiger partial charge in [0.05, 0.1) is 11.4 Å². The van der Waals surface area contributed by atoms with E-state index in [2.05, 4.69) is 69.2 Å². The molecule has 1 aromatic heterocycles. The molecule has 0 unspecified atom stereocenters. The zero-order valence-electron chi connectivity index (χ0n) is 13.5. The zero-order chi connectivity index (χ0) is 15.5. The van der Waals surface area contributed by atoms with Crippen molar-refractivity contribution in [3.8, 4) is 0 Å². The zero-order valence-corrected chi connectivity index (χ0v) is 15.1. The minimum Gasteiger partial charge on any atom is -0.308 e. The van der Waals surface area contributed by atoms with Crippen LogP contribution >= 0.6 is 23.1 Å². The molecule has 2 rings (SSSR count). The van der Waals surface area contributed by atoms with Gasteiger partial charge in [0.1, 0.15) is 5.01 Å². The fourth-order valence-electron chi connectivity index (χ4n) is 1.82. The molecule has 0 aliphatic heterocycles. The largest absolute Gasteiger partial charge is 0.308 e. The van der Waals surface area contributed by atoms with E-state index >= 15 is 0 Å². The van der Waals surface area contributed by atoms with Gasteiger partial charge >= 0.3 is 0 Å². The Morgan fingerprint density at radius 1 is 1.14 bits per heavy atom. The second kappa shape index (κ2) is 6.95. The van der Waals surface area contributed by atoms with E-state index in [4.69, 9.17) is 0 Å². The van der Waals surface area contributed by atoms with E-state index in [1.807, 2.05) is 11.8 Å². The molecule has 0 radical (unpaired) electrons. The Morgan fingerprint density at radius 2 is 1.81 bits per heavy atom. The van der Waals surface area contributed by atoms with Crippen molar-refractivity contribution < 1.29 is 0 Å². The van der Waals surface area contributed by atoms with Gasteiger partial charge in [-0.3, -0.25) is 0 Å². The van der Waals surface area contributed by atoms with Crippen molar-refractivity contribution in [1.29, 1.82) is 0 Å². The van der Waals surface area contributed by atoms with Crippen LogP contribution in [0, 0.1) is 13.8 Å². The first-order valence-electron chi connectivity index (χ1n) is 7.23. The molecule has 1 heterocycles. The molecule has 0 aliphatic rings. The van der Waals surface area contributed by atoms with Crippen LogP contribution in [-0.2, 0) is 12.3 Å². The van der Waals surface area contributed by atoms with Crippen molar-refractivity contribution in [3.63, 3.8) is 0 Å². The number of aromatic nitrogens is 1. The first kappa shape index (κ1) is 16.5. The van der Waals surface area contributed by atoms with E-state index in [1.165, 1.54) is 26.0 Å². The lowest BCUT2D eigenvalue weighted by molar-refractivity contribution is 0.424. The molecule has 0 aliphatic carbocycles. The maximum atomic E-state index is 4.59. The number of hydrogen-bond donors (Lipinski definition) is 1. The first-order valence-corrected chi connectivity index (χ1v) is 9.03. The van der Waals surface area contributed by atoms with Gasteiger partial charge in [-0.15, -0.1) is 23.1 Å². The smallest absolute Gasteiger partial charge is 0.103 e. The van der Waals surface area contributed by atoms with Crippen LogP contribution in [0.3, 0.4) is 0 Å². The van der Waals surface area contributed by atoms with Crippen LogP contribution in [0.25, 0.3) is 0 Å². The van der Waals surface area contributed by atoms with Crippen molar-refractivity contribution in [1.82, 2.24) is 10.3 Å². The average molecular weight is 321 g/mol. The normalized spacial score (nSPS) is 11.9. The van der Waals surface area contributed by atoms with Gasteiger partial charge in [0.15, 0.2) is 0 Å². The SMILES string of the molecule is Cc1nc(CSc2ccc(CNC(C)(C)C)cc2)sc1C. The Hall–Kier alpha value is -0.840. The van der Waals surface area contributed by atoms with Gasteiger partial charge in [0, 0.05) is 21.9 Å². The van der Waals surface area contributed by atoms with Gasteiger partial charge in [-0.1, -0.05) is 12.1 Å². The third-order valence-corrected chi connectivity index (χ3v) is 5.46. The molecule has 0 amide bonds. The number of rotatable bonds is 5. The van der Waals surface area contributed by atoms with Crippen molar-refractivity contribution in [2.45, 2.75) is 57.4 Å². The van der Waals surface area contributed by atoms with E-state index in [1.54, 1.807) is 11.3 Å². The fourth-order valence-corrected chi connectivity index (χ4v) is 3.64. The molecule has 2 aromatic rings. The lowest BCUT2D eigenvalue weighted by atomic mass is 10.1. The highest BCUT2D eigenvalue weighted by atomic mass is 32.2. The highest BCUT2D eigenvalue weighted by Crippen LogP contribution is 2.26. The van der Waals surface area contributed by atoms with Gasteiger partial charge in [0.25, 0.3) is 0 Å². The molecule has 1 aromatic carbocycles. The number of aryl methyl sites for hydroxylation is 2. The molecule has 0 saturated carbocycles.